The number of nitrogens with zero attached hydrogens (tertiary/aromatic N) is 1. The van der Waals surface area contributed by atoms with Crippen LogP contribution in [0.1, 0.15) is 5.56 Å². The number of halogens is 1. The zero-order chi connectivity index (χ0) is 10.7. The van der Waals surface area contributed by atoms with E-state index in [2.05, 4.69) is 21.1 Å². The van der Waals surface area contributed by atoms with Crippen LogP contribution in [0.25, 0.3) is 11.3 Å². The van der Waals surface area contributed by atoms with E-state index in [1.807, 2.05) is 24.3 Å². The van der Waals surface area contributed by atoms with Gasteiger partial charge in [-0.15, -0.1) is 0 Å². The smallest absolute Gasteiger partial charge is 0.170 e. The number of aromatic nitrogens is 1. The molecule has 2 aromatic rings. The Bertz CT molecular complexity index is 453. The van der Waals surface area contributed by atoms with E-state index in [0.29, 0.717) is 6.42 Å². The average molecular weight is 268 g/mol. The van der Waals surface area contributed by atoms with Gasteiger partial charge in [0.15, 0.2) is 5.76 Å². The van der Waals surface area contributed by atoms with Gasteiger partial charge in [0.1, 0.15) is 0 Å². The Hall–Kier alpha value is -1.13. The van der Waals surface area contributed by atoms with Crippen LogP contribution in [0.15, 0.2) is 39.5 Å². The zero-order valence-corrected chi connectivity index (χ0v) is 9.57. The molecular formula is C11H10BrNO2. The Morgan fingerprint density at radius 2 is 2.27 bits per heavy atom. The van der Waals surface area contributed by atoms with Crippen LogP contribution in [-0.4, -0.2) is 16.9 Å². The Balaban J connectivity index is 2.40. The highest BCUT2D eigenvalue weighted by Gasteiger charge is 2.09. The largest absolute Gasteiger partial charge is 0.396 e. The fourth-order valence-corrected chi connectivity index (χ4v) is 1.83. The number of rotatable bonds is 3. The standard InChI is InChI=1S/C11H10BrNO2/c12-10-3-1-2-8(6-10)11-9(4-5-14)7-13-15-11/h1-3,6-7,14H,4-5H2. The molecule has 0 aliphatic rings. The van der Waals surface area contributed by atoms with E-state index in [0.717, 1.165) is 21.4 Å². The van der Waals surface area contributed by atoms with Crippen molar-refractivity contribution in [2.24, 2.45) is 0 Å². The molecule has 1 aromatic heterocycles. The molecular weight excluding hydrogens is 258 g/mol. The minimum Gasteiger partial charge on any atom is -0.396 e. The summed E-state index contributed by atoms with van der Waals surface area (Å²) >= 11 is 3.40. The second-order valence-corrected chi connectivity index (χ2v) is 4.08. The van der Waals surface area contributed by atoms with Gasteiger partial charge in [-0.3, -0.25) is 0 Å². The predicted octanol–water partition coefficient (Wildman–Crippen LogP) is 2.64. The quantitative estimate of drug-likeness (QED) is 0.930. The summed E-state index contributed by atoms with van der Waals surface area (Å²) in [6.45, 7) is 0.0994. The molecule has 3 nitrogen and oxygen atoms in total. The molecule has 0 unspecified atom stereocenters. The van der Waals surface area contributed by atoms with E-state index in [1.54, 1.807) is 6.20 Å². The SMILES string of the molecule is OCCc1cnoc1-c1cccc(Br)c1. The fraction of sp³-hybridized carbons (Fsp3) is 0.182. The van der Waals surface area contributed by atoms with Crippen LogP contribution in [-0.2, 0) is 6.42 Å². The van der Waals surface area contributed by atoms with E-state index in [1.165, 1.54) is 0 Å². The molecule has 0 aliphatic heterocycles. The lowest BCUT2D eigenvalue weighted by Crippen LogP contribution is -1.90. The van der Waals surface area contributed by atoms with Crippen molar-refractivity contribution in [3.63, 3.8) is 0 Å². The van der Waals surface area contributed by atoms with Crippen molar-refractivity contribution in [1.82, 2.24) is 5.16 Å². The summed E-state index contributed by atoms with van der Waals surface area (Å²) in [5.74, 6) is 0.727. The van der Waals surface area contributed by atoms with Crippen LogP contribution in [0.2, 0.25) is 0 Å². The molecule has 0 fully saturated rings. The Labute approximate surface area is 95.8 Å². The number of benzene rings is 1. The molecule has 0 radical (unpaired) electrons. The van der Waals surface area contributed by atoms with Gasteiger partial charge in [-0.1, -0.05) is 33.2 Å². The van der Waals surface area contributed by atoms with Gasteiger partial charge in [-0.25, -0.2) is 0 Å². The number of hydrogen-bond acceptors (Lipinski definition) is 3. The predicted molar refractivity (Wildman–Crippen MR) is 60.4 cm³/mol. The molecule has 0 bridgehead atoms. The summed E-state index contributed by atoms with van der Waals surface area (Å²) in [6.07, 6.45) is 2.21. The van der Waals surface area contributed by atoms with Gasteiger partial charge in [0.05, 0.1) is 6.20 Å². The maximum absolute atomic E-state index is 8.89. The van der Waals surface area contributed by atoms with Gasteiger partial charge in [0.25, 0.3) is 0 Å². The second kappa shape index (κ2) is 4.59. The van der Waals surface area contributed by atoms with E-state index in [9.17, 15) is 0 Å². The molecule has 1 aromatic carbocycles. The number of aliphatic hydroxyl groups excluding tert-OH is 1. The van der Waals surface area contributed by atoms with Crippen LogP contribution < -0.4 is 0 Å². The summed E-state index contributed by atoms with van der Waals surface area (Å²) in [5.41, 5.74) is 1.89. The molecule has 0 saturated carbocycles. The molecule has 2 rings (SSSR count). The third-order valence-corrected chi connectivity index (χ3v) is 2.61. The molecule has 0 aliphatic carbocycles. The van der Waals surface area contributed by atoms with Crippen molar-refractivity contribution in [2.75, 3.05) is 6.61 Å². The van der Waals surface area contributed by atoms with Crippen molar-refractivity contribution in [2.45, 2.75) is 6.42 Å². The van der Waals surface area contributed by atoms with Gasteiger partial charge in [0, 0.05) is 28.6 Å². The van der Waals surface area contributed by atoms with Crippen LogP contribution in [0, 0.1) is 0 Å². The number of hydrogen-bond donors (Lipinski definition) is 1. The Morgan fingerprint density at radius 3 is 3.00 bits per heavy atom. The van der Waals surface area contributed by atoms with Crippen molar-refractivity contribution in [3.8, 4) is 11.3 Å². The molecule has 0 spiro atoms. The van der Waals surface area contributed by atoms with Crippen LogP contribution >= 0.6 is 15.9 Å². The highest BCUT2D eigenvalue weighted by molar-refractivity contribution is 9.10. The van der Waals surface area contributed by atoms with Crippen LogP contribution in [0.5, 0.6) is 0 Å². The molecule has 4 heteroatoms. The Kier molecular flexibility index (Phi) is 3.18. The lowest BCUT2D eigenvalue weighted by molar-refractivity contribution is 0.299. The lowest BCUT2D eigenvalue weighted by Gasteiger charge is -1.99. The first-order valence-electron chi connectivity index (χ1n) is 4.61. The minimum atomic E-state index is 0.0994. The first-order valence-corrected chi connectivity index (χ1v) is 5.41. The first-order chi connectivity index (χ1) is 7.31. The lowest BCUT2D eigenvalue weighted by atomic mass is 10.1. The maximum atomic E-state index is 8.89. The molecule has 15 heavy (non-hydrogen) atoms. The van der Waals surface area contributed by atoms with Crippen molar-refractivity contribution >= 4 is 15.9 Å². The monoisotopic (exact) mass is 267 g/mol. The number of aliphatic hydroxyl groups is 1. The summed E-state index contributed by atoms with van der Waals surface area (Å²) in [5, 5.41) is 12.6. The van der Waals surface area contributed by atoms with Crippen LogP contribution in [0.3, 0.4) is 0 Å². The average Bonchev–Trinajstić information content (AvgIpc) is 2.66. The van der Waals surface area contributed by atoms with Crippen molar-refractivity contribution in [3.05, 3.63) is 40.5 Å². The van der Waals surface area contributed by atoms with E-state index < -0.39 is 0 Å². The molecule has 78 valence electrons. The summed E-state index contributed by atoms with van der Waals surface area (Å²) < 4.78 is 6.17. The van der Waals surface area contributed by atoms with E-state index in [-0.39, 0.29) is 6.61 Å². The minimum absolute atomic E-state index is 0.0994. The van der Waals surface area contributed by atoms with Gasteiger partial charge < -0.3 is 9.63 Å². The van der Waals surface area contributed by atoms with Gasteiger partial charge in [-0.05, 0) is 12.1 Å². The van der Waals surface area contributed by atoms with Crippen molar-refractivity contribution in [1.29, 1.82) is 0 Å². The highest BCUT2D eigenvalue weighted by atomic mass is 79.9. The first kappa shape index (κ1) is 10.4. The van der Waals surface area contributed by atoms with Gasteiger partial charge in [-0.2, -0.15) is 0 Å². The van der Waals surface area contributed by atoms with Gasteiger partial charge in [0.2, 0.25) is 0 Å². The Morgan fingerprint density at radius 1 is 1.40 bits per heavy atom. The fourth-order valence-electron chi connectivity index (χ4n) is 1.43. The third kappa shape index (κ3) is 2.27. The molecule has 1 heterocycles. The topological polar surface area (TPSA) is 46.3 Å². The summed E-state index contributed by atoms with van der Waals surface area (Å²) in [6, 6.07) is 7.80. The maximum Gasteiger partial charge on any atom is 0.170 e. The third-order valence-electron chi connectivity index (χ3n) is 2.11. The van der Waals surface area contributed by atoms with Crippen molar-refractivity contribution < 1.29 is 9.63 Å². The van der Waals surface area contributed by atoms with E-state index >= 15 is 0 Å². The highest BCUT2D eigenvalue weighted by Crippen LogP contribution is 2.26. The van der Waals surface area contributed by atoms with Gasteiger partial charge >= 0.3 is 0 Å². The molecule has 0 atom stereocenters. The summed E-state index contributed by atoms with van der Waals surface area (Å²) in [7, 11) is 0. The van der Waals surface area contributed by atoms with E-state index in [4.69, 9.17) is 9.63 Å². The zero-order valence-electron chi connectivity index (χ0n) is 7.98. The van der Waals surface area contributed by atoms with Crippen LogP contribution in [0.4, 0.5) is 0 Å². The normalized spacial score (nSPS) is 10.5. The molecule has 1 N–H and O–H groups in total. The molecule has 0 amide bonds. The summed E-state index contributed by atoms with van der Waals surface area (Å²) in [4.78, 5) is 0. The molecule has 0 saturated heterocycles. The second-order valence-electron chi connectivity index (χ2n) is 3.16.